The van der Waals surface area contributed by atoms with Gasteiger partial charge in [-0.2, -0.15) is 0 Å². The molecule has 2 heterocycles. The molecule has 0 aliphatic carbocycles. The van der Waals surface area contributed by atoms with Crippen molar-refractivity contribution in [2.24, 2.45) is 0 Å². The molecule has 1 aliphatic rings. The van der Waals surface area contributed by atoms with E-state index >= 15 is 0 Å². The number of aromatic hydroxyl groups is 1. The summed E-state index contributed by atoms with van der Waals surface area (Å²) in [7, 11) is 0. The standard InChI is InChI=1S/C14H11NO4/c16-9-3-4-12-11(6-9)14(17)13(8-18-12)19-10-2-1-5-15-7-10/h1-7,13,16H,8H2. The summed E-state index contributed by atoms with van der Waals surface area (Å²) in [4.78, 5) is 16.2. The van der Waals surface area contributed by atoms with Crippen LogP contribution in [0.2, 0.25) is 0 Å². The van der Waals surface area contributed by atoms with Gasteiger partial charge in [0, 0.05) is 6.20 Å². The number of hydrogen-bond acceptors (Lipinski definition) is 5. The smallest absolute Gasteiger partial charge is 0.210 e. The van der Waals surface area contributed by atoms with E-state index in [2.05, 4.69) is 4.98 Å². The molecule has 3 rings (SSSR count). The number of rotatable bonds is 2. The van der Waals surface area contributed by atoms with E-state index in [0.717, 1.165) is 0 Å². The van der Waals surface area contributed by atoms with E-state index in [9.17, 15) is 9.90 Å². The molecule has 19 heavy (non-hydrogen) atoms. The van der Waals surface area contributed by atoms with Crippen molar-refractivity contribution in [2.75, 3.05) is 6.61 Å². The van der Waals surface area contributed by atoms with Gasteiger partial charge in [-0.3, -0.25) is 9.78 Å². The van der Waals surface area contributed by atoms with E-state index in [1.54, 1.807) is 24.4 Å². The van der Waals surface area contributed by atoms with Crippen LogP contribution in [-0.2, 0) is 0 Å². The SMILES string of the molecule is O=C1c2cc(O)ccc2OCC1Oc1cccnc1. The van der Waals surface area contributed by atoms with Crippen LogP contribution in [0.3, 0.4) is 0 Å². The Morgan fingerprint density at radius 2 is 2.26 bits per heavy atom. The molecule has 0 amide bonds. The monoisotopic (exact) mass is 257 g/mol. The van der Waals surface area contributed by atoms with Crippen LogP contribution < -0.4 is 9.47 Å². The Labute approximate surface area is 109 Å². The molecule has 0 saturated carbocycles. The summed E-state index contributed by atoms with van der Waals surface area (Å²) in [5, 5.41) is 9.42. The van der Waals surface area contributed by atoms with Crippen molar-refractivity contribution in [1.29, 1.82) is 0 Å². The maximum atomic E-state index is 12.2. The highest BCUT2D eigenvalue weighted by Crippen LogP contribution is 2.29. The molecule has 1 N–H and O–H groups in total. The summed E-state index contributed by atoms with van der Waals surface area (Å²) in [6.07, 6.45) is 2.43. The summed E-state index contributed by atoms with van der Waals surface area (Å²) in [6, 6.07) is 7.88. The Bertz CT molecular complexity index is 612. The van der Waals surface area contributed by atoms with Crippen LogP contribution in [0.25, 0.3) is 0 Å². The number of ether oxygens (including phenoxy) is 2. The van der Waals surface area contributed by atoms with Gasteiger partial charge in [0.1, 0.15) is 23.9 Å². The number of fused-ring (bicyclic) bond motifs is 1. The lowest BCUT2D eigenvalue weighted by Gasteiger charge is -2.24. The van der Waals surface area contributed by atoms with E-state index in [-0.39, 0.29) is 18.1 Å². The summed E-state index contributed by atoms with van der Waals surface area (Å²) in [6.45, 7) is 0.144. The number of Topliss-reactive ketones (excluding diaryl/α,β-unsaturated/α-hetero) is 1. The number of nitrogens with zero attached hydrogens (tertiary/aromatic N) is 1. The third-order valence-corrected chi connectivity index (χ3v) is 2.82. The molecule has 0 radical (unpaired) electrons. The average molecular weight is 257 g/mol. The molecule has 0 spiro atoms. The van der Waals surface area contributed by atoms with Gasteiger partial charge in [-0.15, -0.1) is 0 Å². The summed E-state index contributed by atoms with van der Waals surface area (Å²) in [5.74, 6) is 0.792. The normalized spacial score (nSPS) is 17.5. The van der Waals surface area contributed by atoms with Gasteiger partial charge in [-0.25, -0.2) is 0 Å². The second kappa shape index (κ2) is 4.61. The lowest BCUT2D eigenvalue weighted by molar-refractivity contribution is 0.0627. The zero-order valence-electron chi connectivity index (χ0n) is 9.95. The lowest BCUT2D eigenvalue weighted by atomic mass is 10.0. The summed E-state index contributed by atoms with van der Waals surface area (Å²) < 4.78 is 11.0. The summed E-state index contributed by atoms with van der Waals surface area (Å²) >= 11 is 0. The number of hydrogen-bond donors (Lipinski definition) is 1. The molecular weight excluding hydrogens is 246 g/mol. The quantitative estimate of drug-likeness (QED) is 0.888. The van der Waals surface area contributed by atoms with Gasteiger partial charge in [0.15, 0.2) is 6.10 Å². The maximum absolute atomic E-state index is 12.2. The van der Waals surface area contributed by atoms with Crippen molar-refractivity contribution in [3.05, 3.63) is 48.3 Å². The van der Waals surface area contributed by atoms with Crippen LogP contribution in [0.1, 0.15) is 10.4 Å². The van der Waals surface area contributed by atoms with Crippen LogP contribution in [0.4, 0.5) is 0 Å². The number of phenolic OH excluding ortho intramolecular Hbond substituents is 1. The predicted octanol–water partition coefficient (Wildman–Crippen LogP) is 1.81. The zero-order valence-corrected chi connectivity index (χ0v) is 9.95. The highest BCUT2D eigenvalue weighted by molar-refractivity contribution is 6.03. The first-order chi connectivity index (χ1) is 9.24. The number of benzene rings is 1. The molecule has 96 valence electrons. The number of phenols is 1. The minimum atomic E-state index is -0.724. The van der Waals surface area contributed by atoms with Gasteiger partial charge >= 0.3 is 0 Å². The number of carbonyl (C=O) groups is 1. The van der Waals surface area contributed by atoms with Crippen LogP contribution in [0, 0.1) is 0 Å². The fourth-order valence-electron chi connectivity index (χ4n) is 1.92. The first kappa shape index (κ1) is 11.5. The largest absolute Gasteiger partial charge is 0.508 e. The predicted molar refractivity (Wildman–Crippen MR) is 66.6 cm³/mol. The van der Waals surface area contributed by atoms with E-state index in [1.807, 2.05) is 0 Å². The van der Waals surface area contributed by atoms with Crippen molar-refractivity contribution in [2.45, 2.75) is 6.10 Å². The van der Waals surface area contributed by atoms with E-state index in [4.69, 9.17) is 9.47 Å². The number of aromatic nitrogens is 1. The maximum Gasteiger partial charge on any atom is 0.210 e. The minimum absolute atomic E-state index is 0.0257. The fraction of sp³-hybridized carbons (Fsp3) is 0.143. The van der Waals surface area contributed by atoms with Gasteiger partial charge in [0.2, 0.25) is 5.78 Å². The molecule has 1 aliphatic heterocycles. The van der Waals surface area contributed by atoms with E-state index < -0.39 is 6.10 Å². The molecule has 0 saturated heterocycles. The topological polar surface area (TPSA) is 68.7 Å². The molecule has 0 bridgehead atoms. The molecule has 0 fully saturated rings. The van der Waals surface area contributed by atoms with Gasteiger partial charge in [-0.1, -0.05) is 0 Å². The van der Waals surface area contributed by atoms with E-state index in [0.29, 0.717) is 17.1 Å². The molecule has 5 heteroatoms. The second-order valence-corrected chi connectivity index (χ2v) is 4.15. The molecule has 1 atom stereocenters. The van der Waals surface area contributed by atoms with Gasteiger partial charge < -0.3 is 14.6 Å². The third kappa shape index (κ3) is 2.22. The molecule has 1 unspecified atom stereocenters. The van der Waals surface area contributed by atoms with Gasteiger partial charge in [0.25, 0.3) is 0 Å². The average Bonchev–Trinajstić information content (AvgIpc) is 2.44. The molecule has 5 nitrogen and oxygen atoms in total. The van der Waals surface area contributed by atoms with Gasteiger partial charge in [0.05, 0.1) is 11.8 Å². The first-order valence-electron chi connectivity index (χ1n) is 5.81. The number of carbonyl (C=O) groups excluding carboxylic acids is 1. The Morgan fingerprint density at radius 1 is 1.37 bits per heavy atom. The highest BCUT2D eigenvalue weighted by Gasteiger charge is 2.30. The highest BCUT2D eigenvalue weighted by atomic mass is 16.5. The zero-order chi connectivity index (χ0) is 13.2. The second-order valence-electron chi connectivity index (χ2n) is 4.15. The molecule has 2 aromatic rings. The van der Waals surface area contributed by atoms with Crippen molar-refractivity contribution in [3.8, 4) is 17.2 Å². The lowest BCUT2D eigenvalue weighted by Crippen LogP contribution is -2.37. The number of pyridine rings is 1. The van der Waals surface area contributed by atoms with Crippen molar-refractivity contribution in [3.63, 3.8) is 0 Å². The number of ketones is 1. The first-order valence-corrected chi connectivity index (χ1v) is 5.81. The Kier molecular flexibility index (Phi) is 2.79. The van der Waals surface area contributed by atoms with Crippen LogP contribution in [-0.4, -0.2) is 28.6 Å². The van der Waals surface area contributed by atoms with Crippen molar-refractivity contribution in [1.82, 2.24) is 4.98 Å². The minimum Gasteiger partial charge on any atom is -0.508 e. The van der Waals surface area contributed by atoms with Crippen molar-refractivity contribution >= 4 is 5.78 Å². The third-order valence-electron chi connectivity index (χ3n) is 2.82. The Morgan fingerprint density at radius 3 is 3.05 bits per heavy atom. The fourth-order valence-corrected chi connectivity index (χ4v) is 1.92. The van der Waals surface area contributed by atoms with Crippen LogP contribution >= 0.6 is 0 Å². The van der Waals surface area contributed by atoms with Gasteiger partial charge in [-0.05, 0) is 30.3 Å². The van der Waals surface area contributed by atoms with Crippen LogP contribution in [0.5, 0.6) is 17.2 Å². The summed E-state index contributed by atoms with van der Waals surface area (Å²) in [5.41, 5.74) is 0.333. The Balaban J connectivity index is 1.85. The Hall–Kier alpha value is -2.56. The molecule has 1 aromatic heterocycles. The van der Waals surface area contributed by atoms with Crippen molar-refractivity contribution < 1.29 is 19.4 Å². The van der Waals surface area contributed by atoms with E-state index in [1.165, 1.54) is 18.3 Å². The van der Waals surface area contributed by atoms with Crippen LogP contribution in [0.15, 0.2) is 42.7 Å². The molecule has 1 aromatic carbocycles. The molecular formula is C14H11NO4.